The van der Waals surface area contributed by atoms with Gasteiger partial charge in [0, 0.05) is 31.6 Å². The first kappa shape index (κ1) is 21.2. The summed E-state index contributed by atoms with van der Waals surface area (Å²) in [5.41, 5.74) is 0.621. The molecule has 8 nitrogen and oxygen atoms in total. The zero-order chi connectivity index (χ0) is 20.0. The molecular weight excluding hydrogens is 406 g/mol. The molecule has 154 valence electrons. The van der Waals surface area contributed by atoms with Crippen LogP contribution in [0.15, 0.2) is 28.8 Å². The number of benzene rings is 1. The molecule has 1 saturated heterocycles. The zero-order valence-corrected chi connectivity index (χ0v) is 17.3. The average Bonchev–Trinajstić information content (AvgIpc) is 3.12. The van der Waals surface area contributed by atoms with Crippen LogP contribution in [0.3, 0.4) is 0 Å². The van der Waals surface area contributed by atoms with Crippen LogP contribution in [0.2, 0.25) is 5.02 Å². The fourth-order valence-electron chi connectivity index (χ4n) is 3.07. The third-order valence-electron chi connectivity index (χ3n) is 4.55. The number of aromatic nitrogens is 2. The van der Waals surface area contributed by atoms with Crippen LogP contribution in [0.25, 0.3) is 0 Å². The molecular formula is C18H24ClN3O5S. The van der Waals surface area contributed by atoms with E-state index in [0.29, 0.717) is 61.3 Å². The highest BCUT2D eigenvalue weighted by Crippen LogP contribution is 2.23. The Labute approximate surface area is 169 Å². The van der Waals surface area contributed by atoms with Crippen LogP contribution in [0, 0.1) is 0 Å². The van der Waals surface area contributed by atoms with Crippen LogP contribution in [0.1, 0.15) is 30.1 Å². The first-order valence-corrected chi connectivity index (χ1v) is 11.1. The van der Waals surface area contributed by atoms with Crippen molar-refractivity contribution in [2.75, 3.05) is 26.8 Å². The van der Waals surface area contributed by atoms with Crippen molar-refractivity contribution >= 4 is 21.6 Å². The number of piperidine rings is 1. The van der Waals surface area contributed by atoms with Gasteiger partial charge in [-0.25, -0.2) is 12.7 Å². The lowest BCUT2D eigenvalue weighted by atomic mass is 10.1. The molecule has 0 spiro atoms. The molecule has 1 aliphatic heterocycles. The first-order chi connectivity index (χ1) is 13.5. The van der Waals surface area contributed by atoms with E-state index < -0.39 is 10.0 Å². The molecule has 0 amide bonds. The number of sulfonamides is 1. The Morgan fingerprint density at radius 3 is 2.75 bits per heavy atom. The number of methoxy groups -OCH3 is 1. The molecule has 1 aromatic carbocycles. The molecule has 1 aromatic heterocycles. The summed E-state index contributed by atoms with van der Waals surface area (Å²) in [7, 11) is -1.84. The average molecular weight is 430 g/mol. The lowest BCUT2D eigenvalue weighted by molar-refractivity contribution is 0.0222. The van der Waals surface area contributed by atoms with E-state index in [4.69, 9.17) is 25.6 Å². The lowest BCUT2D eigenvalue weighted by Gasteiger charge is -2.31. The van der Waals surface area contributed by atoms with Gasteiger partial charge >= 0.3 is 0 Å². The number of hydrogen-bond donors (Lipinski definition) is 0. The number of halogens is 1. The summed E-state index contributed by atoms with van der Waals surface area (Å²) in [4.78, 5) is 4.19. The summed E-state index contributed by atoms with van der Waals surface area (Å²) < 4.78 is 42.7. The molecule has 0 unspecified atom stereocenters. The SMILES string of the molecule is COCc1nc(CCOC2CCN(S(=O)(=O)Cc3ccccc3Cl)CC2)no1. The summed E-state index contributed by atoms with van der Waals surface area (Å²) in [6, 6.07) is 7.02. The molecule has 1 aliphatic rings. The lowest BCUT2D eigenvalue weighted by Crippen LogP contribution is -2.41. The summed E-state index contributed by atoms with van der Waals surface area (Å²) >= 11 is 6.09. The predicted molar refractivity (Wildman–Crippen MR) is 103 cm³/mol. The van der Waals surface area contributed by atoms with E-state index in [9.17, 15) is 8.42 Å². The van der Waals surface area contributed by atoms with E-state index in [0.717, 1.165) is 0 Å². The molecule has 2 heterocycles. The second-order valence-electron chi connectivity index (χ2n) is 6.60. The van der Waals surface area contributed by atoms with Gasteiger partial charge in [-0.1, -0.05) is 35.0 Å². The first-order valence-electron chi connectivity index (χ1n) is 9.11. The quantitative estimate of drug-likeness (QED) is 0.604. The monoisotopic (exact) mass is 429 g/mol. The van der Waals surface area contributed by atoms with Crippen molar-refractivity contribution < 1.29 is 22.4 Å². The number of ether oxygens (including phenoxy) is 2. The third-order valence-corrected chi connectivity index (χ3v) is 6.74. The molecule has 0 N–H and O–H groups in total. The Balaban J connectivity index is 1.43. The molecule has 1 fully saturated rings. The van der Waals surface area contributed by atoms with Crippen molar-refractivity contribution in [3.63, 3.8) is 0 Å². The van der Waals surface area contributed by atoms with Gasteiger partial charge in [-0.3, -0.25) is 0 Å². The van der Waals surface area contributed by atoms with Crippen molar-refractivity contribution in [2.24, 2.45) is 0 Å². The highest BCUT2D eigenvalue weighted by molar-refractivity contribution is 7.88. The van der Waals surface area contributed by atoms with Crippen molar-refractivity contribution in [3.8, 4) is 0 Å². The van der Waals surface area contributed by atoms with Gasteiger partial charge in [0.15, 0.2) is 5.82 Å². The van der Waals surface area contributed by atoms with Crippen LogP contribution in [-0.4, -0.2) is 55.8 Å². The molecule has 0 bridgehead atoms. The number of rotatable bonds is 9. The number of hydrogen-bond acceptors (Lipinski definition) is 7. The second kappa shape index (κ2) is 9.80. The van der Waals surface area contributed by atoms with E-state index in [1.807, 2.05) is 0 Å². The molecule has 0 saturated carbocycles. The Hall–Kier alpha value is -1.52. The van der Waals surface area contributed by atoms with Crippen molar-refractivity contribution in [1.82, 2.24) is 14.4 Å². The van der Waals surface area contributed by atoms with Crippen LogP contribution >= 0.6 is 11.6 Å². The Kier molecular flexibility index (Phi) is 7.42. The van der Waals surface area contributed by atoms with E-state index in [1.54, 1.807) is 31.4 Å². The van der Waals surface area contributed by atoms with Gasteiger partial charge < -0.3 is 14.0 Å². The van der Waals surface area contributed by atoms with Crippen LogP contribution in [0.5, 0.6) is 0 Å². The molecule has 3 rings (SSSR count). The summed E-state index contributed by atoms with van der Waals surface area (Å²) in [5, 5.41) is 4.34. The van der Waals surface area contributed by atoms with Crippen molar-refractivity contribution in [3.05, 3.63) is 46.6 Å². The van der Waals surface area contributed by atoms with E-state index in [2.05, 4.69) is 10.1 Å². The highest BCUT2D eigenvalue weighted by atomic mass is 35.5. The van der Waals surface area contributed by atoms with Gasteiger partial charge in [0.1, 0.15) is 6.61 Å². The molecule has 10 heteroatoms. The zero-order valence-electron chi connectivity index (χ0n) is 15.7. The molecule has 28 heavy (non-hydrogen) atoms. The highest BCUT2D eigenvalue weighted by Gasteiger charge is 2.29. The molecule has 0 radical (unpaired) electrons. The minimum absolute atomic E-state index is 0.0251. The van der Waals surface area contributed by atoms with Gasteiger partial charge in [-0.05, 0) is 24.5 Å². The van der Waals surface area contributed by atoms with Crippen LogP contribution in [-0.2, 0) is 38.3 Å². The predicted octanol–water partition coefficient (Wildman–Crippen LogP) is 2.42. The largest absolute Gasteiger partial charge is 0.378 e. The Morgan fingerprint density at radius 2 is 2.04 bits per heavy atom. The third kappa shape index (κ3) is 5.74. The fraction of sp³-hybridized carbons (Fsp3) is 0.556. The normalized spacial score (nSPS) is 16.5. The maximum absolute atomic E-state index is 12.7. The molecule has 0 atom stereocenters. The van der Waals surface area contributed by atoms with Crippen molar-refractivity contribution in [2.45, 2.75) is 37.7 Å². The van der Waals surface area contributed by atoms with Gasteiger partial charge in [0.05, 0.1) is 18.5 Å². The summed E-state index contributed by atoms with van der Waals surface area (Å²) in [6.07, 6.45) is 1.88. The molecule has 0 aliphatic carbocycles. The Morgan fingerprint density at radius 1 is 1.29 bits per heavy atom. The minimum atomic E-state index is -3.40. The number of nitrogens with zero attached hydrogens (tertiary/aromatic N) is 3. The van der Waals surface area contributed by atoms with Gasteiger partial charge in [0.2, 0.25) is 10.0 Å². The van der Waals surface area contributed by atoms with Gasteiger partial charge in [-0.15, -0.1) is 0 Å². The topological polar surface area (TPSA) is 94.8 Å². The second-order valence-corrected chi connectivity index (χ2v) is 8.98. The van der Waals surface area contributed by atoms with Crippen LogP contribution < -0.4 is 0 Å². The van der Waals surface area contributed by atoms with Crippen molar-refractivity contribution in [1.29, 1.82) is 0 Å². The van der Waals surface area contributed by atoms with Gasteiger partial charge in [0.25, 0.3) is 5.89 Å². The summed E-state index contributed by atoms with van der Waals surface area (Å²) in [6.45, 7) is 1.63. The maximum atomic E-state index is 12.7. The molecule has 2 aromatic rings. The van der Waals surface area contributed by atoms with E-state index >= 15 is 0 Å². The maximum Gasteiger partial charge on any atom is 0.252 e. The van der Waals surface area contributed by atoms with E-state index in [-0.39, 0.29) is 18.5 Å². The Bertz CT molecular complexity index is 866. The minimum Gasteiger partial charge on any atom is -0.378 e. The van der Waals surface area contributed by atoms with E-state index in [1.165, 1.54) is 4.31 Å². The fourth-order valence-corrected chi connectivity index (χ4v) is 4.95. The van der Waals surface area contributed by atoms with Gasteiger partial charge in [-0.2, -0.15) is 4.98 Å². The standard InChI is InChI=1S/C18H24ClN3O5S/c1-25-12-18-20-17(21-27-18)8-11-26-15-6-9-22(10-7-15)28(23,24)13-14-4-2-3-5-16(14)19/h2-5,15H,6-13H2,1H3. The summed E-state index contributed by atoms with van der Waals surface area (Å²) in [5.74, 6) is 0.932. The smallest absolute Gasteiger partial charge is 0.252 e. The van der Waals surface area contributed by atoms with Crippen LogP contribution in [0.4, 0.5) is 0 Å².